The summed E-state index contributed by atoms with van der Waals surface area (Å²) < 4.78 is 1.42. The van der Waals surface area contributed by atoms with E-state index in [4.69, 9.17) is 0 Å². The molecule has 1 heteroatoms. The lowest BCUT2D eigenvalue weighted by atomic mass is 10.0. The molecule has 74 valence electrons. The summed E-state index contributed by atoms with van der Waals surface area (Å²) in [5, 5.41) is 1.44. The number of aryl methyl sites for hydroxylation is 2. The SMILES string of the molecule is Cc1sc2ccc(C(C)C)cc2c1C. The highest BCUT2D eigenvalue weighted by Crippen LogP contribution is 2.32. The smallest absolute Gasteiger partial charge is 0.0348 e. The van der Waals surface area contributed by atoms with Gasteiger partial charge in [-0.1, -0.05) is 19.9 Å². The van der Waals surface area contributed by atoms with E-state index in [1.807, 2.05) is 11.3 Å². The van der Waals surface area contributed by atoms with Crippen molar-refractivity contribution in [2.75, 3.05) is 0 Å². The fourth-order valence-corrected chi connectivity index (χ4v) is 2.77. The van der Waals surface area contributed by atoms with Gasteiger partial charge >= 0.3 is 0 Å². The lowest BCUT2D eigenvalue weighted by molar-refractivity contribution is 0.869. The third kappa shape index (κ3) is 1.46. The highest BCUT2D eigenvalue weighted by Gasteiger charge is 2.06. The van der Waals surface area contributed by atoms with Crippen LogP contribution in [-0.4, -0.2) is 0 Å². The Kier molecular flexibility index (Phi) is 2.36. The molecule has 1 heterocycles. The summed E-state index contributed by atoms with van der Waals surface area (Å²) in [5.41, 5.74) is 2.89. The number of hydrogen-bond donors (Lipinski definition) is 0. The monoisotopic (exact) mass is 204 g/mol. The van der Waals surface area contributed by atoms with Crippen LogP contribution >= 0.6 is 11.3 Å². The first-order valence-corrected chi connectivity index (χ1v) is 5.91. The minimum absolute atomic E-state index is 0.624. The summed E-state index contributed by atoms with van der Waals surface area (Å²) >= 11 is 1.90. The molecule has 0 unspecified atom stereocenters. The van der Waals surface area contributed by atoms with E-state index in [2.05, 4.69) is 45.9 Å². The fraction of sp³-hybridized carbons (Fsp3) is 0.385. The van der Waals surface area contributed by atoms with Crippen LogP contribution in [0.2, 0.25) is 0 Å². The van der Waals surface area contributed by atoms with Gasteiger partial charge < -0.3 is 0 Å². The van der Waals surface area contributed by atoms with Gasteiger partial charge in [0, 0.05) is 9.58 Å². The van der Waals surface area contributed by atoms with Crippen LogP contribution in [0.15, 0.2) is 18.2 Å². The summed E-state index contributed by atoms with van der Waals surface area (Å²) in [5.74, 6) is 0.624. The maximum Gasteiger partial charge on any atom is 0.0348 e. The number of thiophene rings is 1. The van der Waals surface area contributed by atoms with Crippen LogP contribution in [0.1, 0.15) is 35.8 Å². The molecule has 2 aromatic rings. The molecule has 14 heavy (non-hydrogen) atoms. The Bertz CT molecular complexity index is 463. The molecule has 0 bridgehead atoms. The zero-order chi connectivity index (χ0) is 10.3. The number of benzene rings is 1. The van der Waals surface area contributed by atoms with Gasteiger partial charge in [0.2, 0.25) is 0 Å². The van der Waals surface area contributed by atoms with Crippen molar-refractivity contribution in [3.05, 3.63) is 34.2 Å². The highest BCUT2D eigenvalue weighted by atomic mass is 32.1. The highest BCUT2D eigenvalue weighted by molar-refractivity contribution is 7.19. The normalized spacial score (nSPS) is 11.5. The Morgan fingerprint density at radius 3 is 2.50 bits per heavy atom. The Hall–Kier alpha value is -0.820. The molecule has 0 nitrogen and oxygen atoms in total. The van der Waals surface area contributed by atoms with E-state index in [9.17, 15) is 0 Å². The molecule has 0 aliphatic carbocycles. The Morgan fingerprint density at radius 2 is 1.86 bits per heavy atom. The van der Waals surface area contributed by atoms with Gasteiger partial charge in [0.05, 0.1) is 0 Å². The van der Waals surface area contributed by atoms with E-state index < -0.39 is 0 Å². The van der Waals surface area contributed by atoms with E-state index >= 15 is 0 Å². The van der Waals surface area contributed by atoms with Crippen LogP contribution in [-0.2, 0) is 0 Å². The van der Waals surface area contributed by atoms with Crippen molar-refractivity contribution in [1.82, 2.24) is 0 Å². The largest absolute Gasteiger partial charge is 0.140 e. The fourth-order valence-electron chi connectivity index (χ4n) is 1.72. The first-order chi connectivity index (χ1) is 6.59. The molecule has 1 aromatic carbocycles. The second-order valence-electron chi connectivity index (χ2n) is 4.19. The molecule has 0 atom stereocenters. The van der Waals surface area contributed by atoms with Crippen molar-refractivity contribution >= 4 is 21.4 Å². The third-order valence-corrected chi connectivity index (χ3v) is 4.05. The third-order valence-electron chi connectivity index (χ3n) is 2.87. The van der Waals surface area contributed by atoms with Gasteiger partial charge in [-0.3, -0.25) is 0 Å². The number of hydrogen-bond acceptors (Lipinski definition) is 1. The van der Waals surface area contributed by atoms with Crippen LogP contribution in [0.3, 0.4) is 0 Å². The molecule has 0 radical (unpaired) electrons. The van der Waals surface area contributed by atoms with Crippen LogP contribution < -0.4 is 0 Å². The summed E-state index contributed by atoms with van der Waals surface area (Å²) in [6.07, 6.45) is 0. The standard InChI is InChI=1S/C13H16S/c1-8(2)11-5-6-13-12(7-11)9(3)10(4)14-13/h5-8H,1-4H3. The van der Waals surface area contributed by atoms with Crippen molar-refractivity contribution in [3.63, 3.8) is 0 Å². The molecule has 0 saturated carbocycles. The summed E-state index contributed by atoms with van der Waals surface area (Å²) in [6, 6.07) is 6.86. The molecular weight excluding hydrogens is 188 g/mol. The molecule has 0 aliphatic rings. The van der Waals surface area contributed by atoms with Gasteiger partial charge in [-0.2, -0.15) is 0 Å². The predicted molar refractivity (Wildman–Crippen MR) is 65.4 cm³/mol. The van der Waals surface area contributed by atoms with Crippen molar-refractivity contribution in [2.45, 2.75) is 33.6 Å². The maximum absolute atomic E-state index is 2.35. The maximum atomic E-state index is 2.35. The molecule has 0 fully saturated rings. The zero-order valence-electron chi connectivity index (χ0n) is 9.22. The number of rotatable bonds is 1. The summed E-state index contributed by atoms with van der Waals surface area (Å²) in [6.45, 7) is 8.92. The van der Waals surface area contributed by atoms with Crippen LogP contribution in [0.5, 0.6) is 0 Å². The average molecular weight is 204 g/mol. The second-order valence-corrected chi connectivity index (χ2v) is 5.45. The molecule has 0 saturated heterocycles. The molecule has 0 aliphatic heterocycles. The van der Waals surface area contributed by atoms with E-state index in [-0.39, 0.29) is 0 Å². The van der Waals surface area contributed by atoms with Crippen molar-refractivity contribution in [2.24, 2.45) is 0 Å². The molecule has 2 rings (SSSR count). The molecule has 0 spiro atoms. The minimum Gasteiger partial charge on any atom is -0.140 e. The molecule has 1 aromatic heterocycles. The van der Waals surface area contributed by atoms with Crippen molar-refractivity contribution in [1.29, 1.82) is 0 Å². The van der Waals surface area contributed by atoms with Crippen LogP contribution in [0.4, 0.5) is 0 Å². The Balaban J connectivity index is 2.69. The van der Waals surface area contributed by atoms with E-state index in [0.717, 1.165) is 0 Å². The second kappa shape index (κ2) is 3.39. The lowest BCUT2D eigenvalue weighted by Gasteiger charge is -2.04. The Morgan fingerprint density at radius 1 is 1.14 bits per heavy atom. The van der Waals surface area contributed by atoms with Gasteiger partial charge in [0.15, 0.2) is 0 Å². The van der Waals surface area contributed by atoms with E-state index in [1.54, 1.807) is 0 Å². The molecule has 0 N–H and O–H groups in total. The first kappa shape index (κ1) is 9.72. The van der Waals surface area contributed by atoms with Gasteiger partial charge in [-0.05, 0) is 48.4 Å². The minimum atomic E-state index is 0.624. The van der Waals surface area contributed by atoms with Gasteiger partial charge in [0.1, 0.15) is 0 Å². The van der Waals surface area contributed by atoms with Crippen LogP contribution in [0.25, 0.3) is 10.1 Å². The quantitative estimate of drug-likeness (QED) is 0.634. The molecule has 0 amide bonds. The van der Waals surface area contributed by atoms with Gasteiger partial charge in [-0.25, -0.2) is 0 Å². The summed E-state index contributed by atoms with van der Waals surface area (Å²) in [7, 11) is 0. The Labute approximate surface area is 89.6 Å². The van der Waals surface area contributed by atoms with Crippen molar-refractivity contribution in [3.8, 4) is 0 Å². The average Bonchev–Trinajstić information content (AvgIpc) is 2.43. The lowest BCUT2D eigenvalue weighted by Crippen LogP contribution is -1.85. The zero-order valence-corrected chi connectivity index (χ0v) is 10.0. The van der Waals surface area contributed by atoms with E-state index in [1.165, 1.54) is 26.1 Å². The van der Waals surface area contributed by atoms with Crippen LogP contribution in [0, 0.1) is 13.8 Å². The molecular formula is C13H16S. The predicted octanol–water partition coefficient (Wildman–Crippen LogP) is 4.64. The first-order valence-electron chi connectivity index (χ1n) is 5.09. The van der Waals surface area contributed by atoms with Crippen molar-refractivity contribution < 1.29 is 0 Å². The van der Waals surface area contributed by atoms with Gasteiger partial charge in [-0.15, -0.1) is 11.3 Å². The van der Waals surface area contributed by atoms with E-state index in [0.29, 0.717) is 5.92 Å². The summed E-state index contributed by atoms with van der Waals surface area (Å²) in [4.78, 5) is 1.45. The topological polar surface area (TPSA) is 0 Å². The number of fused-ring (bicyclic) bond motifs is 1. The van der Waals surface area contributed by atoms with Gasteiger partial charge in [0.25, 0.3) is 0 Å².